The van der Waals surface area contributed by atoms with Crippen LogP contribution in [-0.4, -0.2) is 61.6 Å². The summed E-state index contributed by atoms with van der Waals surface area (Å²) >= 11 is 0. The maximum atomic E-state index is 13.0. The van der Waals surface area contributed by atoms with Gasteiger partial charge in [0.1, 0.15) is 29.2 Å². The first-order valence-corrected chi connectivity index (χ1v) is 11.6. The zero-order chi connectivity index (χ0) is 23.0. The van der Waals surface area contributed by atoms with Gasteiger partial charge in [0.15, 0.2) is 0 Å². The Morgan fingerprint density at radius 3 is 2.58 bits per heavy atom. The highest BCUT2D eigenvalue weighted by Gasteiger charge is 2.26. The Labute approximate surface area is 180 Å². The van der Waals surface area contributed by atoms with Crippen LogP contribution in [0.4, 0.5) is 23.0 Å². The number of anilines is 4. The van der Waals surface area contributed by atoms with Crippen molar-refractivity contribution in [1.29, 1.82) is 0 Å². The lowest BCUT2D eigenvalue weighted by Gasteiger charge is -2.39. The molecule has 3 aromatic rings. The van der Waals surface area contributed by atoms with E-state index in [0.717, 1.165) is 5.69 Å². The van der Waals surface area contributed by atoms with Crippen LogP contribution in [0.25, 0.3) is 0 Å². The number of benzene rings is 1. The highest BCUT2D eigenvalue weighted by atomic mass is 32.3. The van der Waals surface area contributed by atoms with Crippen molar-refractivity contribution >= 4 is 38.3 Å². The Hall–Kier alpha value is -3.35. The monoisotopic (exact) mass is 446 g/mol. The van der Waals surface area contributed by atoms with Crippen molar-refractivity contribution in [3.8, 4) is 0 Å². The molecule has 11 nitrogen and oxygen atoms in total. The third kappa shape index (κ3) is 4.26. The molecule has 0 radical (unpaired) electrons. The second-order valence-corrected chi connectivity index (χ2v) is 10.9. The fraction of sp³-hybridized carbons (Fsp3) is 0.263. The summed E-state index contributed by atoms with van der Waals surface area (Å²) in [4.78, 5) is 10.5. The van der Waals surface area contributed by atoms with Crippen LogP contribution in [0, 0.1) is 0 Å². The molecule has 0 unspecified atom stereocenters. The molecule has 0 aliphatic heterocycles. The topological polar surface area (TPSA) is 160 Å². The quantitative estimate of drug-likeness (QED) is 0.307. The third-order valence-electron chi connectivity index (χ3n) is 4.98. The van der Waals surface area contributed by atoms with E-state index >= 15 is 0 Å². The molecule has 0 fully saturated rings. The lowest BCUT2D eigenvalue weighted by Crippen LogP contribution is -2.43. The minimum Gasteiger partial charge on any atom is -0.383 e. The van der Waals surface area contributed by atoms with E-state index in [0.29, 0.717) is 28.5 Å². The van der Waals surface area contributed by atoms with Crippen LogP contribution < -0.4 is 26.1 Å². The van der Waals surface area contributed by atoms with Crippen molar-refractivity contribution in [3.63, 3.8) is 0 Å². The van der Waals surface area contributed by atoms with Crippen molar-refractivity contribution in [1.82, 2.24) is 24.5 Å². The molecule has 0 spiro atoms. The van der Waals surface area contributed by atoms with Gasteiger partial charge in [-0.2, -0.15) is 9.31 Å². The predicted molar refractivity (Wildman–Crippen MR) is 123 cm³/mol. The normalized spacial score (nSPS) is 12.8. The van der Waals surface area contributed by atoms with Crippen molar-refractivity contribution < 1.29 is 14.2 Å². The minimum absolute atomic E-state index is 0.189. The van der Waals surface area contributed by atoms with Gasteiger partial charge in [-0.05, 0) is 24.3 Å². The van der Waals surface area contributed by atoms with Crippen LogP contribution in [0.2, 0.25) is 0 Å². The van der Waals surface area contributed by atoms with Gasteiger partial charge >= 0.3 is 0 Å². The molecule has 1 aromatic carbocycles. The molecule has 2 heterocycles. The molecule has 2 aromatic heterocycles. The number of nitrogens with two attached hydrogens (primary N) is 2. The first-order valence-electron chi connectivity index (χ1n) is 9.31. The first kappa shape index (κ1) is 22.3. The highest BCUT2D eigenvalue weighted by Crippen LogP contribution is 2.35. The second-order valence-electron chi connectivity index (χ2n) is 7.42. The first-order chi connectivity index (χ1) is 14.4. The lowest BCUT2D eigenvalue weighted by atomic mass is 10.1. The Balaban J connectivity index is 2.15. The number of aromatic nitrogens is 4. The highest BCUT2D eigenvalue weighted by molar-refractivity contribution is 8.12. The van der Waals surface area contributed by atoms with Crippen molar-refractivity contribution in [2.24, 2.45) is 7.05 Å². The predicted octanol–water partition coefficient (Wildman–Crippen LogP) is -0.385. The summed E-state index contributed by atoms with van der Waals surface area (Å²) in [6, 6.07) is 6.72. The SMILES string of the molecule is CNS(C)(=O)(O)c1ccc(N(C)C)c(Nc2ncnc(N)c2C(=[NH2+])c2ccnn2C)c1. The molecule has 31 heavy (non-hydrogen) atoms. The Morgan fingerprint density at radius 1 is 1.29 bits per heavy atom. The molecule has 3 rings (SSSR count). The summed E-state index contributed by atoms with van der Waals surface area (Å²) in [6.07, 6.45) is 4.20. The van der Waals surface area contributed by atoms with Crippen molar-refractivity contribution in [2.75, 3.05) is 43.3 Å². The van der Waals surface area contributed by atoms with Crippen LogP contribution in [0.1, 0.15) is 11.3 Å². The molecular weight excluding hydrogens is 418 g/mol. The number of aryl methyl sites for hydroxylation is 1. The molecule has 0 aliphatic rings. The molecule has 166 valence electrons. The van der Waals surface area contributed by atoms with E-state index in [9.17, 15) is 8.76 Å². The van der Waals surface area contributed by atoms with Crippen LogP contribution in [0.3, 0.4) is 0 Å². The second kappa shape index (κ2) is 7.72. The van der Waals surface area contributed by atoms with Crippen molar-refractivity contribution in [3.05, 3.63) is 48.0 Å². The summed E-state index contributed by atoms with van der Waals surface area (Å²) in [5.74, 6) is 0.544. The van der Waals surface area contributed by atoms with Gasteiger partial charge in [0, 0.05) is 40.6 Å². The fourth-order valence-corrected chi connectivity index (χ4v) is 4.10. The number of nitrogens with one attached hydrogen (secondary N) is 2. The van der Waals surface area contributed by atoms with Gasteiger partial charge in [0.05, 0.1) is 16.3 Å². The van der Waals surface area contributed by atoms with Crippen LogP contribution in [0.5, 0.6) is 0 Å². The molecule has 12 heteroatoms. The Morgan fingerprint density at radius 2 is 2.00 bits per heavy atom. The number of hydrogen-bond acceptors (Lipinski definition) is 7. The summed E-state index contributed by atoms with van der Waals surface area (Å²) < 4.78 is 27.8. The third-order valence-corrected chi connectivity index (χ3v) is 7.31. The molecule has 7 N–H and O–H groups in total. The molecular formula is C19H28N9O2S+. The van der Waals surface area contributed by atoms with Gasteiger partial charge in [0.2, 0.25) is 5.71 Å². The Bertz CT molecular complexity index is 1210. The van der Waals surface area contributed by atoms with E-state index in [1.807, 2.05) is 19.0 Å². The van der Waals surface area contributed by atoms with Gasteiger partial charge in [-0.15, -0.1) is 9.53 Å². The summed E-state index contributed by atoms with van der Waals surface area (Å²) in [6.45, 7) is 0. The van der Waals surface area contributed by atoms with Crippen LogP contribution >= 0.6 is 0 Å². The molecule has 0 bridgehead atoms. The van der Waals surface area contributed by atoms with Crippen LogP contribution in [-0.2, 0) is 16.6 Å². The maximum absolute atomic E-state index is 13.0. The minimum atomic E-state index is -4.22. The average molecular weight is 447 g/mol. The lowest BCUT2D eigenvalue weighted by molar-refractivity contribution is -0.111. The average Bonchev–Trinajstić information content (AvgIpc) is 3.13. The summed E-state index contributed by atoms with van der Waals surface area (Å²) in [7, 11) is 2.71. The molecule has 0 saturated carbocycles. The summed E-state index contributed by atoms with van der Waals surface area (Å²) in [5, 5.41) is 13.8. The number of nitrogen functional groups attached to an aromatic ring is 1. The molecule has 0 atom stereocenters. The zero-order valence-electron chi connectivity index (χ0n) is 18.1. The van der Waals surface area contributed by atoms with E-state index in [4.69, 9.17) is 11.1 Å². The van der Waals surface area contributed by atoms with Gasteiger partial charge in [-0.1, -0.05) is 0 Å². The number of hydrogen-bond donors (Lipinski definition) is 5. The van der Waals surface area contributed by atoms with E-state index in [-0.39, 0.29) is 10.7 Å². The largest absolute Gasteiger partial charge is 0.383 e. The smallest absolute Gasteiger partial charge is 0.237 e. The van der Waals surface area contributed by atoms with E-state index < -0.39 is 9.53 Å². The van der Waals surface area contributed by atoms with Gasteiger partial charge in [-0.3, -0.25) is 14.6 Å². The Kier molecular flexibility index (Phi) is 5.56. The maximum Gasteiger partial charge on any atom is 0.237 e. The van der Waals surface area contributed by atoms with Crippen molar-refractivity contribution in [2.45, 2.75) is 4.90 Å². The zero-order valence-corrected chi connectivity index (χ0v) is 18.9. The van der Waals surface area contributed by atoms with Gasteiger partial charge in [-0.25, -0.2) is 14.7 Å². The van der Waals surface area contributed by atoms with E-state index in [2.05, 4.69) is 25.1 Å². The fourth-order valence-electron chi connectivity index (χ4n) is 3.08. The van der Waals surface area contributed by atoms with E-state index in [1.54, 1.807) is 42.2 Å². The van der Waals surface area contributed by atoms with Gasteiger partial charge in [0.25, 0.3) is 0 Å². The van der Waals surface area contributed by atoms with E-state index in [1.165, 1.54) is 19.6 Å². The molecule has 0 amide bonds. The standard InChI is InChI=1S/C19H27N9O2S/c1-22-31(5,29,30)12-6-7-14(27(2)3)13(10-12)26-19-16(18(21)23-11-24-19)17(20)15-8-9-25-28(15)4/h6-11,20H,1-5H3,(H2,22,29,30)(H3,21,23,24,26)/p+1. The van der Waals surface area contributed by atoms with Crippen LogP contribution in [0.15, 0.2) is 41.7 Å². The van der Waals surface area contributed by atoms with Gasteiger partial charge < -0.3 is 16.0 Å². The molecule has 0 aliphatic carbocycles. The number of rotatable bonds is 7. The number of nitrogens with zero attached hydrogens (tertiary/aromatic N) is 5. The molecule has 0 saturated heterocycles. The summed E-state index contributed by atoms with van der Waals surface area (Å²) in [5.41, 5.74) is 8.86.